The van der Waals surface area contributed by atoms with E-state index in [9.17, 15) is 0 Å². The number of para-hydroxylation sites is 3. The van der Waals surface area contributed by atoms with Crippen molar-refractivity contribution in [1.29, 1.82) is 0 Å². The third-order valence-corrected chi connectivity index (χ3v) is 12.8. The van der Waals surface area contributed by atoms with Gasteiger partial charge < -0.3 is 13.7 Å². The fourth-order valence-electron chi connectivity index (χ4n) is 9.83. The van der Waals surface area contributed by atoms with Crippen molar-refractivity contribution in [2.45, 2.75) is 26.2 Å². The average molecular weight is 782 g/mol. The van der Waals surface area contributed by atoms with Crippen molar-refractivity contribution in [1.82, 2.24) is 13.7 Å². The summed E-state index contributed by atoms with van der Waals surface area (Å²) < 4.78 is 7.36. The Morgan fingerprint density at radius 3 is 1.34 bits per heavy atom. The molecule has 0 N–H and O–H groups in total. The largest absolute Gasteiger partial charge is 0.309 e. The topological polar surface area (TPSA) is 14.8 Å². The van der Waals surface area contributed by atoms with Crippen LogP contribution in [-0.4, -0.2) is 13.7 Å². The quantitative estimate of drug-likeness (QED) is 0.165. The first-order chi connectivity index (χ1) is 29.9. The highest BCUT2D eigenvalue weighted by Crippen LogP contribution is 2.43. The van der Waals surface area contributed by atoms with Gasteiger partial charge in [0, 0.05) is 49.4 Å². The molecule has 0 aliphatic carbocycles. The maximum atomic E-state index is 2.47. The molecule has 3 aromatic heterocycles. The van der Waals surface area contributed by atoms with Gasteiger partial charge in [0.1, 0.15) is 0 Å². The Morgan fingerprint density at radius 1 is 0.295 bits per heavy atom. The van der Waals surface area contributed by atoms with Gasteiger partial charge in [-0.1, -0.05) is 160 Å². The molecule has 12 aromatic rings. The molecule has 0 aliphatic rings. The number of rotatable bonds is 5. The summed E-state index contributed by atoms with van der Waals surface area (Å²) >= 11 is 0. The predicted molar refractivity (Wildman–Crippen MR) is 259 cm³/mol. The Kier molecular flexibility index (Phi) is 7.79. The molecule has 0 saturated heterocycles. The van der Waals surface area contributed by atoms with Gasteiger partial charge in [-0.2, -0.15) is 0 Å². The van der Waals surface area contributed by atoms with E-state index in [1.54, 1.807) is 0 Å². The minimum absolute atomic E-state index is 0.130. The minimum atomic E-state index is 0.130. The van der Waals surface area contributed by atoms with E-state index in [2.05, 4.69) is 241 Å². The van der Waals surface area contributed by atoms with Crippen molar-refractivity contribution < 1.29 is 0 Å². The van der Waals surface area contributed by atoms with Crippen LogP contribution in [0.25, 0.3) is 105 Å². The second-order valence-electron chi connectivity index (χ2n) is 17.4. The van der Waals surface area contributed by atoms with E-state index < -0.39 is 0 Å². The van der Waals surface area contributed by atoms with E-state index in [4.69, 9.17) is 0 Å². The molecular weight excluding hydrogens is 739 g/mol. The first-order valence-electron chi connectivity index (χ1n) is 21.3. The highest BCUT2D eigenvalue weighted by molar-refractivity contribution is 6.26. The molecule has 0 spiro atoms. The van der Waals surface area contributed by atoms with Crippen LogP contribution in [-0.2, 0) is 5.41 Å². The van der Waals surface area contributed by atoms with Gasteiger partial charge >= 0.3 is 0 Å². The van der Waals surface area contributed by atoms with Crippen LogP contribution >= 0.6 is 0 Å². The van der Waals surface area contributed by atoms with Gasteiger partial charge in [0.15, 0.2) is 0 Å². The lowest BCUT2D eigenvalue weighted by Gasteiger charge is -2.19. The molecule has 0 aliphatic heterocycles. The van der Waals surface area contributed by atoms with Crippen molar-refractivity contribution in [3.05, 3.63) is 212 Å². The molecule has 12 rings (SSSR count). The molecule has 3 heteroatoms. The van der Waals surface area contributed by atoms with Crippen LogP contribution in [0.5, 0.6) is 0 Å². The summed E-state index contributed by atoms with van der Waals surface area (Å²) in [5.74, 6) is 0. The summed E-state index contributed by atoms with van der Waals surface area (Å²) in [6.45, 7) is 6.79. The summed E-state index contributed by atoms with van der Waals surface area (Å²) in [4.78, 5) is 0. The van der Waals surface area contributed by atoms with Crippen LogP contribution in [0.3, 0.4) is 0 Å². The minimum Gasteiger partial charge on any atom is -0.309 e. The zero-order valence-corrected chi connectivity index (χ0v) is 34.5. The monoisotopic (exact) mass is 781 g/mol. The Morgan fingerprint density at radius 2 is 0.721 bits per heavy atom. The summed E-state index contributed by atoms with van der Waals surface area (Å²) in [6, 6.07) is 76.0. The molecule has 0 fully saturated rings. The average Bonchev–Trinajstić information content (AvgIpc) is 3.95. The highest BCUT2D eigenvalue weighted by Gasteiger charge is 2.22. The first kappa shape index (κ1) is 35.3. The third-order valence-electron chi connectivity index (χ3n) is 12.8. The lowest BCUT2D eigenvalue weighted by molar-refractivity contribution is 0.590. The molecule has 9 aromatic carbocycles. The molecule has 0 atom stereocenters. The molecule has 61 heavy (non-hydrogen) atoms. The van der Waals surface area contributed by atoms with Gasteiger partial charge in [0.05, 0.1) is 33.1 Å². The maximum absolute atomic E-state index is 2.47. The van der Waals surface area contributed by atoms with Gasteiger partial charge in [-0.3, -0.25) is 0 Å². The van der Waals surface area contributed by atoms with Crippen LogP contribution in [0.15, 0.2) is 206 Å². The summed E-state index contributed by atoms with van der Waals surface area (Å²) in [5.41, 5.74) is 17.0. The fourth-order valence-corrected chi connectivity index (χ4v) is 9.83. The molecule has 3 heterocycles. The maximum Gasteiger partial charge on any atom is 0.0641 e. The lowest BCUT2D eigenvalue weighted by Crippen LogP contribution is -2.10. The number of aromatic nitrogens is 3. The zero-order chi connectivity index (χ0) is 40.8. The van der Waals surface area contributed by atoms with Gasteiger partial charge in [0.25, 0.3) is 0 Å². The van der Waals surface area contributed by atoms with Gasteiger partial charge in [0.2, 0.25) is 0 Å². The molecule has 3 nitrogen and oxygen atoms in total. The lowest BCUT2D eigenvalue weighted by atomic mass is 9.86. The van der Waals surface area contributed by atoms with E-state index in [0.29, 0.717) is 0 Å². The van der Waals surface area contributed by atoms with Gasteiger partial charge in [-0.25, -0.2) is 0 Å². The number of hydrogen-bond acceptors (Lipinski definition) is 0. The highest BCUT2D eigenvalue weighted by atomic mass is 15.0. The summed E-state index contributed by atoms with van der Waals surface area (Å²) in [6.07, 6.45) is 0. The standard InChI is InChI=1S/C58H43N3/c1-58(2,3)42-27-21-39(22-28-42)41-23-29-43(30-24-41)59-51-18-10-8-16-47(51)50-37-45(33-35-54(50)59)60-53-20-12-9-17-49(53)56-55(60)36-34-48-46-15-7-11-19-52(46)61(57(48)56)44-31-25-40(26-32-44)38-13-5-4-6-14-38/h4-37H,1-3H3. The van der Waals surface area contributed by atoms with Crippen LogP contribution < -0.4 is 0 Å². The molecule has 0 bridgehead atoms. The Bertz CT molecular complexity index is 3630. The molecular formula is C58H43N3. The molecule has 0 unspecified atom stereocenters. The van der Waals surface area contributed by atoms with E-state index in [1.165, 1.54) is 93.2 Å². The molecule has 0 radical (unpaired) electrons. The second-order valence-corrected chi connectivity index (χ2v) is 17.4. The first-order valence-corrected chi connectivity index (χ1v) is 21.3. The zero-order valence-electron chi connectivity index (χ0n) is 34.5. The number of fused-ring (bicyclic) bond motifs is 10. The molecule has 0 saturated carbocycles. The van der Waals surface area contributed by atoms with E-state index >= 15 is 0 Å². The van der Waals surface area contributed by atoms with E-state index in [-0.39, 0.29) is 5.41 Å². The van der Waals surface area contributed by atoms with Crippen LogP contribution in [0.1, 0.15) is 26.3 Å². The Balaban J connectivity index is 1.04. The van der Waals surface area contributed by atoms with E-state index in [1.807, 2.05) is 0 Å². The predicted octanol–water partition coefficient (Wildman–Crippen LogP) is 15.6. The summed E-state index contributed by atoms with van der Waals surface area (Å²) in [5, 5.41) is 7.47. The molecule has 0 amide bonds. The Labute approximate surface area is 355 Å². The normalized spacial score (nSPS) is 12.2. The van der Waals surface area contributed by atoms with Crippen LogP contribution in [0, 0.1) is 0 Å². The van der Waals surface area contributed by atoms with Crippen molar-refractivity contribution in [2.75, 3.05) is 0 Å². The number of nitrogens with zero attached hydrogens (tertiary/aromatic N) is 3. The Hall–Kier alpha value is -7.62. The van der Waals surface area contributed by atoms with Gasteiger partial charge in [-0.15, -0.1) is 0 Å². The van der Waals surface area contributed by atoms with Crippen LogP contribution in [0.2, 0.25) is 0 Å². The number of hydrogen-bond donors (Lipinski definition) is 0. The third kappa shape index (κ3) is 5.51. The van der Waals surface area contributed by atoms with Crippen molar-refractivity contribution in [3.63, 3.8) is 0 Å². The van der Waals surface area contributed by atoms with Crippen molar-refractivity contribution in [2.24, 2.45) is 0 Å². The second kappa shape index (κ2) is 13.5. The van der Waals surface area contributed by atoms with Crippen molar-refractivity contribution in [3.8, 4) is 39.3 Å². The SMILES string of the molecule is CC(C)(C)c1ccc(-c2ccc(-n3c4ccccc4c4cc(-n5c6ccccc6c6c5ccc5c7ccccc7n(-c7ccc(-c8ccccc8)cc7)c56)ccc43)cc2)cc1. The summed E-state index contributed by atoms with van der Waals surface area (Å²) in [7, 11) is 0. The fraction of sp³-hybridized carbons (Fsp3) is 0.0690. The molecule has 290 valence electrons. The number of benzene rings is 9. The smallest absolute Gasteiger partial charge is 0.0641 e. The van der Waals surface area contributed by atoms with Crippen molar-refractivity contribution >= 4 is 65.4 Å². The van der Waals surface area contributed by atoms with E-state index in [0.717, 1.165) is 17.1 Å². The van der Waals surface area contributed by atoms with Gasteiger partial charge in [-0.05, 0) is 100.0 Å². The van der Waals surface area contributed by atoms with Crippen LogP contribution in [0.4, 0.5) is 0 Å².